The maximum Gasteiger partial charge on any atom is 1.00 e. The summed E-state index contributed by atoms with van der Waals surface area (Å²) in [4.78, 5) is 27.4. The molecule has 0 spiro atoms. The summed E-state index contributed by atoms with van der Waals surface area (Å²) in [5.74, 6) is 0.0168. The fourth-order valence-corrected chi connectivity index (χ4v) is 3.76. The van der Waals surface area contributed by atoms with Crippen LogP contribution in [0, 0.1) is 32.8 Å². The first-order valence-electron chi connectivity index (χ1n) is 14.1. The third-order valence-electron chi connectivity index (χ3n) is 5.53. The second-order valence-electron chi connectivity index (χ2n) is 9.11. The Morgan fingerprint density at radius 1 is 0.814 bits per heavy atom. The van der Waals surface area contributed by atoms with Crippen LogP contribution in [0.15, 0.2) is 72.5 Å². The van der Waals surface area contributed by atoms with Crippen LogP contribution in [-0.4, -0.2) is 78.7 Å². The molecule has 0 bridgehead atoms. The second kappa shape index (κ2) is 27.8. The molecule has 5 rings (SSSR count). The molecule has 0 aliphatic carbocycles. The molecule has 308 valence electrons. The van der Waals surface area contributed by atoms with Crippen LogP contribution in [0.4, 0.5) is 32.2 Å². The number of anilines is 1. The molecule has 0 saturated heterocycles. The predicted molar refractivity (Wildman–Crippen MR) is 183 cm³/mol. The molecule has 30 heteroatoms. The van der Waals surface area contributed by atoms with E-state index in [9.17, 15) is 34.8 Å². The third-order valence-corrected chi connectivity index (χ3v) is 7.07. The van der Waals surface area contributed by atoms with Crippen molar-refractivity contribution in [3.63, 3.8) is 0 Å². The van der Waals surface area contributed by atoms with Crippen LogP contribution in [0.1, 0.15) is 11.3 Å². The second-order valence-corrected chi connectivity index (χ2v) is 12.1. The van der Waals surface area contributed by atoms with Gasteiger partial charge < -0.3 is 34.6 Å². The number of alkyl halides is 6. The van der Waals surface area contributed by atoms with Crippen LogP contribution in [0.3, 0.4) is 0 Å². The van der Waals surface area contributed by atoms with Crippen LogP contribution in [0.5, 0.6) is 17.6 Å². The monoisotopic (exact) mass is 899 g/mol. The average Bonchev–Trinajstić information content (AvgIpc) is 3.15. The molecule has 0 radical (unpaired) electrons. The van der Waals surface area contributed by atoms with Crippen LogP contribution >= 0.6 is 0 Å². The molecule has 5 aromatic rings. The van der Waals surface area contributed by atoms with Crippen molar-refractivity contribution in [3.05, 3.63) is 88.5 Å². The number of hydrogen-bond acceptors (Lipinski definition) is 19. The Balaban J connectivity index is -0.000000707. The van der Waals surface area contributed by atoms with Gasteiger partial charge in [-0.1, -0.05) is 18.2 Å². The summed E-state index contributed by atoms with van der Waals surface area (Å²) in [6.45, 7) is 0. The molecular weight excluding hydrogens is 874 g/mol. The van der Waals surface area contributed by atoms with Crippen molar-refractivity contribution < 1.29 is 126 Å². The Labute approximate surface area is 374 Å². The largest absolute Gasteiger partial charge is 1.00 e. The third kappa shape index (κ3) is 19.7. The quantitative estimate of drug-likeness (QED) is 0.0357. The van der Waals surface area contributed by atoms with Crippen molar-refractivity contribution in [1.29, 1.82) is 10.5 Å². The van der Waals surface area contributed by atoms with Crippen LogP contribution in [0.25, 0.3) is 21.8 Å². The number of fused-ring (bicyclic) bond motifs is 2. The summed E-state index contributed by atoms with van der Waals surface area (Å²) < 4.78 is 130. The molecule has 0 aromatic carbocycles. The van der Waals surface area contributed by atoms with Crippen molar-refractivity contribution in [1.82, 2.24) is 24.9 Å². The van der Waals surface area contributed by atoms with E-state index in [4.69, 9.17) is 53.9 Å². The van der Waals surface area contributed by atoms with Crippen molar-refractivity contribution in [2.45, 2.75) is 17.4 Å². The molecule has 0 saturated carbocycles. The molecule has 20 nitrogen and oxygen atoms in total. The van der Waals surface area contributed by atoms with Crippen molar-refractivity contribution in [2.75, 3.05) is 27.1 Å². The number of pyridine rings is 5. The van der Waals surface area contributed by atoms with Crippen molar-refractivity contribution in [2.24, 2.45) is 5.34 Å². The number of nitrogens with two attached hydrogens (primary N) is 1. The first kappa shape index (κ1) is 58.6. The molecule has 5 aromatic heterocycles. The Morgan fingerprint density at radius 2 is 1.24 bits per heavy atom. The van der Waals surface area contributed by atoms with Gasteiger partial charge in [0, 0.05) is 41.0 Å². The van der Waals surface area contributed by atoms with E-state index < -0.39 is 37.1 Å². The summed E-state index contributed by atoms with van der Waals surface area (Å²) in [7, 11) is -8.10. The first-order chi connectivity index (χ1) is 26.6. The molecule has 0 fully saturated rings. The van der Waals surface area contributed by atoms with Gasteiger partial charge in [-0.25, -0.2) is 4.98 Å². The summed E-state index contributed by atoms with van der Waals surface area (Å²) in [6.07, 6.45) is 4.92. The average molecular weight is 900 g/mol. The molecule has 0 aliphatic rings. The molecule has 0 amide bonds. The van der Waals surface area contributed by atoms with Gasteiger partial charge in [0.1, 0.15) is 28.6 Å². The number of nitrogens with zero attached hydrogens (tertiary/aromatic N) is 8. The predicted octanol–water partition coefficient (Wildman–Crippen LogP) is -2.26. The standard InChI is InChI=1S/C10H7F3N2O4S.C9H9N3O.C8H5N3.CHF3O3S.CH3O.HNO2.2Na/c1-18-9-8-6(3-2-4-14-8)5-7(15-9)19-20(16,17)10(11,12)13;1-13-9-8-6(3-2-4-11-8)5-7(10)12-9;9-4-3-7-2-1-5-11-8(7)6-10;2-1(3,4)8(5,6)7;1-2;2-1-3;;/h2-5H,1H3;2-5H,1H3,(H2,10,12);1-2,5H,3H2;(H,5,6,7);1H3;(H,2,3);;/q;;;;-1;;2*+1/p-1. The van der Waals surface area contributed by atoms with E-state index in [1.807, 2.05) is 24.3 Å². The van der Waals surface area contributed by atoms with Gasteiger partial charge >= 0.3 is 90.4 Å². The van der Waals surface area contributed by atoms with Gasteiger partial charge in [0.2, 0.25) is 17.6 Å². The van der Waals surface area contributed by atoms with Crippen LogP contribution < -0.4 is 83.6 Å². The molecule has 3 N–H and O–H groups in total. The molecule has 5 heterocycles. The van der Waals surface area contributed by atoms with Gasteiger partial charge in [-0.3, -0.25) is 14.5 Å². The smallest absolute Gasteiger partial charge is 0.857 e. The molecule has 0 unspecified atom stereocenters. The summed E-state index contributed by atoms with van der Waals surface area (Å²) >= 11 is 0. The molecule has 0 aliphatic heterocycles. The number of rotatable bonds is 5. The number of methoxy groups -OCH3 is 2. The van der Waals surface area contributed by atoms with E-state index in [-0.39, 0.29) is 76.9 Å². The Kier molecular flexibility index (Phi) is 27.6. The minimum atomic E-state index is -5.84. The van der Waals surface area contributed by atoms with E-state index >= 15 is 0 Å². The van der Waals surface area contributed by atoms with Crippen LogP contribution in [-0.2, 0) is 26.7 Å². The first-order valence-corrected chi connectivity index (χ1v) is 16.9. The van der Waals surface area contributed by atoms with Gasteiger partial charge in [-0.2, -0.15) is 70.8 Å². The summed E-state index contributed by atoms with van der Waals surface area (Å²) in [5, 5.41) is 35.4. The maximum absolute atomic E-state index is 12.2. The van der Waals surface area contributed by atoms with Gasteiger partial charge in [0.25, 0.3) is 0 Å². The van der Waals surface area contributed by atoms with Crippen LogP contribution in [0.2, 0.25) is 0 Å². The Morgan fingerprint density at radius 3 is 1.64 bits per heavy atom. The van der Waals surface area contributed by atoms with E-state index in [2.05, 4.69) is 29.1 Å². The number of nitriles is 2. The fourth-order valence-electron chi connectivity index (χ4n) is 3.36. The van der Waals surface area contributed by atoms with Crippen molar-refractivity contribution >= 4 is 47.9 Å². The van der Waals surface area contributed by atoms with Gasteiger partial charge in [0.15, 0.2) is 0 Å². The van der Waals surface area contributed by atoms with Crippen molar-refractivity contribution in [3.8, 4) is 29.8 Å². The topological polar surface area (TPSA) is 330 Å². The number of nitrogen functional groups attached to an aromatic ring is 1. The number of ether oxygens (including phenoxy) is 2. The fraction of sp³-hybridized carbons (Fsp3) is 0.207. The van der Waals surface area contributed by atoms with E-state index in [1.54, 1.807) is 37.7 Å². The zero-order chi connectivity index (χ0) is 44.0. The van der Waals surface area contributed by atoms with E-state index in [1.165, 1.54) is 25.4 Å². The summed E-state index contributed by atoms with van der Waals surface area (Å²) in [6, 6.07) is 16.9. The SMILES string of the molecule is COc1nc(N)cc2cccnc12.COc1nc(OS(=O)(=O)C(F)(F)F)cc2cccnc12.C[O-].N#CCc1cccnc1C#N.O=N[O-].O=S(=O)(O)C(F)(F)F.[Na+].[Na+]. The zero-order valence-corrected chi connectivity index (χ0v) is 36.5. The maximum atomic E-state index is 12.2. The number of aromatic nitrogens is 5. The number of halogens is 6. The molecular formula is C29H25F6N9Na2O11S2. The Hall–Kier alpha value is -4.75. The summed E-state index contributed by atoms with van der Waals surface area (Å²) in [5.41, 5.74) is -3.45. The minimum Gasteiger partial charge on any atom is -0.857 e. The number of hydrogen-bond donors (Lipinski definition) is 2. The zero-order valence-electron chi connectivity index (χ0n) is 30.8. The molecule has 0 atom stereocenters. The van der Waals surface area contributed by atoms with Gasteiger partial charge in [0.05, 0.1) is 26.7 Å². The van der Waals surface area contributed by atoms with E-state index in [0.717, 1.165) is 29.4 Å². The minimum absolute atomic E-state index is 0. The van der Waals surface area contributed by atoms with Gasteiger partial charge in [-0.15, -0.1) is 5.34 Å². The normalized spacial score (nSPS) is 10.2. The molecule has 59 heavy (non-hydrogen) atoms. The van der Waals surface area contributed by atoms with Gasteiger partial charge in [-0.05, 0) is 24.3 Å². The Bertz CT molecular complexity index is 2390. The van der Waals surface area contributed by atoms with E-state index in [0.29, 0.717) is 28.3 Å².